The van der Waals surface area contributed by atoms with E-state index in [4.69, 9.17) is 0 Å². The van der Waals surface area contributed by atoms with Gasteiger partial charge in [-0.3, -0.25) is 19.6 Å². The van der Waals surface area contributed by atoms with Crippen LogP contribution >= 0.6 is 0 Å². The fourth-order valence-electron chi connectivity index (χ4n) is 1.67. The Morgan fingerprint density at radius 2 is 1.87 bits per heavy atom. The summed E-state index contributed by atoms with van der Waals surface area (Å²) in [6, 6.07) is 0.0171. The third-order valence-electron chi connectivity index (χ3n) is 2.77. The molecule has 0 aliphatic heterocycles. The number of benzene rings is 1. The van der Waals surface area contributed by atoms with Gasteiger partial charge < -0.3 is 5.32 Å². The van der Waals surface area contributed by atoms with Gasteiger partial charge in [-0.05, 0) is 0 Å². The van der Waals surface area contributed by atoms with E-state index in [1.807, 2.05) is 0 Å². The number of nitrogens with zero attached hydrogens (tertiary/aromatic N) is 3. The third-order valence-corrected chi connectivity index (χ3v) is 2.77. The molecule has 1 amide bonds. The van der Waals surface area contributed by atoms with Crippen LogP contribution < -0.4 is 5.32 Å². The van der Waals surface area contributed by atoms with Gasteiger partial charge in [-0.25, -0.2) is 17.6 Å². The Bertz CT molecular complexity index is 752. The fourth-order valence-corrected chi connectivity index (χ4v) is 1.67. The van der Waals surface area contributed by atoms with Crippen LogP contribution in [0.5, 0.6) is 0 Å². The largest absolute Gasteiger partial charge is 0.321 e. The van der Waals surface area contributed by atoms with E-state index < -0.39 is 39.8 Å². The molecule has 0 atom stereocenters. The molecule has 2 rings (SSSR count). The van der Waals surface area contributed by atoms with Crippen molar-refractivity contribution >= 4 is 17.3 Å². The van der Waals surface area contributed by atoms with Gasteiger partial charge in [0.05, 0.1) is 4.92 Å². The van der Waals surface area contributed by atoms with E-state index in [1.54, 1.807) is 5.32 Å². The van der Waals surface area contributed by atoms with Crippen molar-refractivity contribution in [1.82, 2.24) is 9.78 Å². The molecule has 7 nitrogen and oxygen atoms in total. The van der Waals surface area contributed by atoms with Crippen LogP contribution in [0.2, 0.25) is 0 Å². The molecule has 0 radical (unpaired) electrons. The lowest BCUT2D eigenvalue weighted by molar-refractivity contribution is -0.385. The Morgan fingerprint density at radius 3 is 2.39 bits per heavy atom. The zero-order valence-electron chi connectivity index (χ0n) is 11.2. The monoisotopic (exact) mass is 332 g/mol. The lowest BCUT2D eigenvalue weighted by Gasteiger charge is -2.09. The van der Waals surface area contributed by atoms with Crippen LogP contribution in [0.4, 0.5) is 28.9 Å². The number of amides is 1. The van der Waals surface area contributed by atoms with Gasteiger partial charge in [-0.1, -0.05) is 0 Å². The summed E-state index contributed by atoms with van der Waals surface area (Å²) in [4.78, 5) is 21.3. The second kappa shape index (κ2) is 6.42. The van der Waals surface area contributed by atoms with Crippen LogP contribution in [0.25, 0.3) is 0 Å². The second-order valence-corrected chi connectivity index (χ2v) is 4.36. The predicted molar refractivity (Wildman–Crippen MR) is 68.4 cm³/mol. The molecule has 1 N–H and O–H groups in total. The van der Waals surface area contributed by atoms with Crippen molar-refractivity contribution in [2.75, 3.05) is 5.32 Å². The van der Waals surface area contributed by atoms with Gasteiger partial charge in [-0.15, -0.1) is 0 Å². The maximum atomic E-state index is 13.4. The maximum absolute atomic E-state index is 13.4. The van der Waals surface area contributed by atoms with Gasteiger partial charge in [0.2, 0.25) is 5.91 Å². The first kappa shape index (κ1) is 16.4. The summed E-state index contributed by atoms with van der Waals surface area (Å²) in [5.74, 6) is -7.71. The SMILES string of the molecule is O=C(CCn1cc([N+](=O)[O-])cn1)Nc1c(F)c(F)cc(F)c1F. The Morgan fingerprint density at radius 1 is 1.26 bits per heavy atom. The highest BCUT2D eigenvalue weighted by Gasteiger charge is 2.21. The van der Waals surface area contributed by atoms with E-state index in [2.05, 4.69) is 5.10 Å². The number of aromatic nitrogens is 2. The Balaban J connectivity index is 2.04. The van der Waals surface area contributed by atoms with E-state index in [9.17, 15) is 32.5 Å². The summed E-state index contributed by atoms with van der Waals surface area (Å²) in [6.45, 7) is -0.138. The van der Waals surface area contributed by atoms with Gasteiger partial charge in [-0.2, -0.15) is 5.10 Å². The van der Waals surface area contributed by atoms with E-state index >= 15 is 0 Å². The first-order valence-corrected chi connectivity index (χ1v) is 6.09. The number of hydrogen-bond acceptors (Lipinski definition) is 4. The molecule has 1 heterocycles. The van der Waals surface area contributed by atoms with E-state index in [1.165, 1.54) is 0 Å². The van der Waals surface area contributed by atoms with Crippen LogP contribution in [0.15, 0.2) is 18.5 Å². The smallest absolute Gasteiger partial charge is 0.306 e. The van der Waals surface area contributed by atoms with Crippen molar-refractivity contribution < 1.29 is 27.3 Å². The average Bonchev–Trinajstić information content (AvgIpc) is 2.97. The molecule has 0 saturated carbocycles. The van der Waals surface area contributed by atoms with Gasteiger partial charge in [0.1, 0.15) is 18.1 Å². The number of carbonyl (C=O) groups is 1. The molecule has 0 unspecified atom stereocenters. The Kier molecular flexibility index (Phi) is 4.57. The second-order valence-electron chi connectivity index (χ2n) is 4.36. The molecule has 0 saturated heterocycles. The van der Waals surface area contributed by atoms with Gasteiger partial charge in [0, 0.05) is 19.0 Å². The molecule has 11 heteroatoms. The average molecular weight is 332 g/mol. The lowest BCUT2D eigenvalue weighted by atomic mass is 10.2. The molecule has 0 bridgehead atoms. The minimum atomic E-state index is -1.73. The summed E-state index contributed by atoms with van der Waals surface area (Å²) >= 11 is 0. The molecule has 0 aliphatic carbocycles. The molecule has 2 aromatic rings. The van der Waals surface area contributed by atoms with Crippen LogP contribution in [-0.4, -0.2) is 20.6 Å². The zero-order chi connectivity index (χ0) is 17.1. The standard InChI is InChI=1S/C12H8F4N4O3/c13-7-3-8(14)11(16)12(10(7)15)18-9(21)1-2-19-5-6(4-17-19)20(22)23/h3-5H,1-2H2,(H,18,21). The number of anilines is 1. The molecule has 1 aromatic heterocycles. The minimum Gasteiger partial charge on any atom is -0.321 e. The Hall–Kier alpha value is -2.98. The molecule has 1 aromatic carbocycles. The molecule has 0 aliphatic rings. The molecule has 0 spiro atoms. The van der Waals surface area contributed by atoms with Crippen molar-refractivity contribution in [3.8, 4) is 0 Å². The normalized spacial score (nSPS) is 10.6. The molecular weight excluding hydrogens is 324 g/mol. The first-order chi connectivity index (χ1) is 10.8. The number of aryl methyl sites for hydroxylation is 1. The number of rotatable bonds is 5. The van der Waals surface area contributed by atoms with Crippen LogP contribution in [0, 0.1) is 33.4 Å². The third kappa shape index (κ3) is 3.62. The predicted octanol–water partition coefficient (Wildman–Crippen LogP) is 2.38. The summed E-state index contributed by atoms with van der Waals surface area (Å²) in [7, 11) is 0. The summed E-state index contributed by atoms with van der Waals surface area (Å²) in [6.07, 6.45) is 1.63. The van der Waals surface area contributed by atoms with Gasteiger partial charge in [0.25, 0.3) is 0 Å². The quantitative estimate of drug-likeness (QED) is 0.394. The van der Waals surface area contributed by atoms with Crippen LogP contribution in [-0.2, 0) is 11.3 Å². The number of nitrogens with one attached hydrogen (secondary N) is 1. The Labute approximate surface area is 125 Å². The van der Waals surface area contributed by atoms with Crippen LogP contribution in [0.1, 0.15) is 6.42 Å². The topological polar surface area (TPSA) is 90.1 Å². The zero-order valence-corrected chi connectivity index (χ0v) is 11.2. The molecule has 0 fully saturated rings. The highest BCUT2D eigenvalue weighted by Crippen LogP contribution is 2.24. The van der Waals surface area contributed by atoms with E-state index in [0.717, 1.165) is 17.1 Å². The van der Waals surface area contributed by atoms with Crippen molar-refractivity contribution in [2.45, 2.75) is 13.0 Å². The van der Waals surface area contributed by atoms with Crippen molar-refractivity contribution in [3.63, 3.8) is 0 Å². The summed E-state index contributed by atoms with van der Waals surface area (Å²) in [5.41, 5.74) is -1.53. The van der Waals surface area contributed by atoms with Gasteiger partial charge in [0.15, 0.2) is 23.3 Å². The fraction of sp³-hybridized carbons (Fsp3) is 0.167. The van der Waals surface area contributed by atoms with E-state index in [-0.39, 0.29) is 24.7 Å². The number of carbonyl (C=O) groups excluding carboxylic acids is 1. The van der Waals surface area contributed by atoms with E-state index in [0.29, 0.717) is 0 Å². The summed E-state index contributed by atoms with van der Waals surface area (Å²) in [5, 5.41) is 15.8. The minimum absolute atomic E-state index is 0.0171. The van der Waals surface area contributed by atoms with Gasteiger partial charge >= 0.3 is 5.69 Å². The lowest BCUT2D eigenvalue weighted by Crippen LogP contribution is -2.17. The number of nitro groups is 1. The number of halogens is 4. The molecular formula is C12H8F4N4O3. The highest BCUT2D eigenvalue weighted by molar-refractivity contribution is 5.90. The maximum Gasteiger partial charge on any atom is 0.306 e. The first-order valence-electron chi connectivity index (χ1n) is 6.09. The molecule has 23 heavy (non-hydrogen) atoms. The van der Waals surface area contributed by atoms with Crippen molar-refractivity contribution in [2.24, 2.45) is 0 Å². The van der Waals surface area contributed by atoms with Crippen molar-refractivity contribution in [3.05, 3.63) is 51.8 Å². The highest BCUT2D eigenvalue weighted by atomic mass is 19.2. The number of hydrogen-bond donors (Lipinski definition) is 1. The molecule has 122 valence electrons. The van der Waals surface area contributed by atoms with Crippen LogP contribution in [0.3, 0.4) is 0 Å². The van der Waals surface area contributed by atoms with Crippen molar-refractivity contribution in [1.29, 1.82) is 0 Å². The summed E-state index contributed by atoms with van der Waals surface area (Å²) < 4.78 is 53.8.